The average molecular weight is 476 g/mol. The molecule has 1 atom stereocenters. The molecule has 10 heteroatoms. The van der Waals surface area contributed by atoms with Gasteiger partial charge in [0.1, 0.15) is 17.6 Å². The Morgan fingerprint density at radius 2 is 2.00 bits per heavy atom. The highest BCUT2D eigenvalue weighted by Gasteiger charge is 2.38. The maximum absolute atomic E-state index is 13.6. The van der Waals surface area contributed by atoms with Crippen molar-refractivity contribution in [3.63, 3.8) is 0 Å². The van der Waals surface area contributed by atoms with E-state index in [9.17, 15) is 17.6 Å². The van der Waals surface area contributed by atoms with Crippen LogP contribution in [-0.2, 0) is 14.8 Å². The molecule has 1 aliphatic heterocycles. The number of amides is 1. The van der Waals surface area contributed by atoms with E-state index in [1.165, 1.54) is 33.8 Å². The first-order chi connectivity index (χ1) is 15.4. The van der Waals surface area contributed by atoms with Crippen molar-refractivity contribution in [1.29, 1.82) is 0 Å². The van der Waals surface area contributed by atoms with Gasteiger partial charge < -0.3 is 10.1 Å². The Balaban J connectivity index is 1.52. The lowest BCUT2D eigenvalue weighted by atomic mass is 10.0. The number of methoxy groups -OCH3 is 1. The van der Waals surface area contributed by atoms with Gasteiger partial charge in [0, 0.05) is 17.5 Å². The van der Waals surface area contributed by atoms with Gasteiger partial charge in [-0.15, -0.1) is 11.3 Å². The number of halogens is 1. The Morgan fingerprint density at radius 3 is 2.72 bits per heavy atom. The number of nitrogens with zero attached hydrogens (tertiary/aromatic N) is 2. The summed E-state index contributed by atoms with van der Waals surface area (Å²) >= 11 is 1.26. The zero-order valence-corrected chi connectivity index (χ0v) is 19.0. The van der Waals surface area contributed by atoms with E-state index in [1.807, 2.05) is 29.6 Å². The molecule has 0 radical (unpaired) electrons. The molecule has 0 aliphatic carbocycles. The van der Waals surface area contributed by atoms with Gasteiger partial charge in [0.25, 0.3) is 0 Å². The lowest BCUT2D eigenvalue weighted by Gasteiger charge is -2.33. The summed E-state index contributed by atoms with van der Waals surface area (Å²) in [5.74, 6) is -0.354. The van der Waals surface area contributed by atoms with Crippen molar-refractivity contribution in [1.82, 2.24) is 9.29 Å². The predicted octanol–water partition coefficient (Wildman–Crippen LogP) is 4.14. The summed E-state index contributed by atoms with van der Waals surface area (Å²) in [6, 6.07) is 11.3. The lowest BCUT2D eigenvalue weighted by Crippen LogP contribution is -2.49. The maximum Gasteiger partial charge on any atom is 0.244 e. The van der Waals surface area contributed by atoms with E-state index in [4.69, 9.17) is 4.74 Å². The topological polar surface area (TPSA) is 88.6 Å². The summed E-state index contributed by atoms with van der Waals surface area (Å²) in [4.78, 5) is 17.3. The highest BCUT2D eigenvalue weighted by Crippen LogP contribution is 2.29. The summed E-state index contributed by atoms with van der Waals surface area (Å²) in [5.41, 5.74) is 1.57. The van der Waals surface area contributed by atoms with Gasteiger partial charge in [-0.3, -0.25) is 4.79 Å². The smallest absolute Gasteiger partial charge is 0.244 e. The monoisotopic (exact) mass is 475 g/mol. The van der Waals surface area contributed by atoms with E-state index in [0.29, 0.717) is 23.7 Å². The van der Waals surface area contributed by atoms with Gasteiger partial charge in [-0.1, -0.05) is 12.5 Å². The molecule has 1 saturated heterocycles. The largest absolute Gasteiger partial charge is 0.497 e. The van der Waals surface area contributed by atoms with Crippen LogP contribution in [0.2, 0.25) is 0 Å². The molecule has 0 saturated carbocycles. The van der Waals surface area contributed by atoms with Crippen molar-refractivity contribution >= 4 is 32.4 Å². The molecule has 0 unspecified atom stereocenters. The molecule has 1 aliphatic rings. The molecule has 0 bridgehead atoms. The van der Waals surface area contributed by atoms with Gasteiger partial charge in [-0.25, -0.2) is 17.8 Å². The molecule has 1 fully saturated rings. The Morgan fingerprint density at radius 1 is 1.22 bits per heavy atom. The van der Waals surface area contributed by atoms with E-state index in [0.717, 1.165) is 23.8 Å². The number of hydrogen-bond donors (Lipinski definition) is 1. The number of carbonyl (C=O) groups excluding carboxylic acids is 1. The van der Waals surface area contributed by atoms with Gasteiger partial charge in [-0.2, -0.15) is 4.31 Å². The van der Waals surface area contributed by atoms with Crippen molar-refractivity contribution in [3.8, 4) is 17.0 Å². The van der Waals surface area contributed by atoms with Crippen LogP contribution in [0.4, 0.5) is 9.52 Å². The second kappa shape index (κ2) is 9.35. The van der Waals surface area contributed by atoms with E-state index >= 15 is 0 Å². The lowest BCUT2D eigenvalue weighted by molar-refractivity contribution is -0.120. The Bertz CT molecular complexity index is 1210. The molecule has 168 valence electrons. The fraction of sp³-hybridized carbons (Fsp3) is 0.273. The number of anilines is 1. The van der Waals surface area contributed by atoms with Crippen LogP contribution in [-0.4, -0.2) is 43.3 Å². The minimum atomic E-state index is -4.01. The summed E-state index contributed by atoms with van der Waals surface area (Å²) in [6.07, 6.45) is 1.75. The molecule has 1 aromatic heterocycles. The van der Waals surface area contributed by atoms with Crippen molar-refractivity contribution in [2.24, 2.45) is 0 Å². The van der Waals surface area contributed by atoms with E-state index in [2.05, 4.69) is 10.3 Å². The first-order valence-electron chi connectivity index (χ1n) is 10.1. The second-order valence-electron chi connectivity index (χ2n) is 7.34. The minimum Gasteiger partial charge on any atom is -0.497 e. The van der Waals surface area contributed by atoms with Crippen LogP contribution in [0.1, 0.15) is 19.3 Å². The second-order valence-corrected chi connectivity index (χ2v) is 10.1. The van der Waals surface area contributed by atoms with Gasteiger partial charge in [0.15, 0.2) is 5.13 Å². The zero-order chi connectivity index (χ0) is 22.7. The number of rotatable bonds is 6. The number of aromatic nitrogens is 1. The predicted molar refractivity (Wildman–Crippen MR) is 121 cm³/mol. The third-order valence-corrected chi connectivity index (χ3v) is 7.94. The Kier molecular flexibility index (Phi) is 6.54. The van der Waals surface area contributed by atoms with Crippen LogP contribution < -0.4 is 10.1 Å². The van der Waals surface area contributed by atoms with Crippen molar-refractivity contribution in [2.75, 3.05) is 19.0 Å². The van der Waals surface area contributed by atoms with Crippen molar-refractivity contribution in [3.05, 3.63) is 59.7 Å². The summed E-state index contributed by atoms with van der Waals surface area (Å²) < 4.78 is 46.1. The fourth-order valence-corrected chi connectivity index (χ4v) is 6.04. The third-order valence-electron chi connectivity index (χ3n) is 5.28. The van der Waals surface area contributed by atoms with Gasteiger partial charge >= 0.3 is 0 Å². The minimum absolute atomic E-state index is 0.159. The Hall–Kier alpha value is -2.82. The zero-order valence-electron chi connectivity index (χ0n) is 17.3. The summed E-state index contributed by atoms with van der Waals surface area (Å²) in [6.45, 7) is 0.200. The molecule has 7 nitrogen and oxygen atoms in total. The molecule has 1 N–H and O–H groups in total. The molecular weight excluding hydrogens is 453 g/mol. The third kappa shape index (κ3) is 4.67. The number of sulfonamides is 1. The van der Waals surface area contributed by atoms with Gasteiger partial charge in [0.2, 0.25) is 15.9 Å². The molecule has 1 amide bonds. The highest BCUT2D eigenvalue weighted by molar-refractivity contribution is 7.89. The number of nitrogens with one attached hydrogen (secondary N) is 1. The van der Waals surface area contributed by atoms with Crippen LogP contribution in [0.25, 0.3) is 11.3 Å². The SMILES string of the molecule is COc1ccc(-c2csc(NC(=O)[C@H]3CCCCN3S(=O)(=O)c3cccc(F)c3)n2)cc1. The molecule has 2 heterocycles. The van der Waals surface area contributed by atoms with Crippen LogP contribution in [0, 0.1) is 5.82 Å². The van der Waals surface area contributed by atoms with Crippen molar-refractivity contribution in [2.45, 2.75) is 30.2 Å². The first-order valence-corrected chi connectivity index (χ1v) is 12.4. The number of hydrogen-bond acceptors (Lipinski definition) is 6. The summed E-state index contributed by atoms with van der Waals surface area (Å²) in [7, 11) is -2.42. The van der Waals surface area contributed by atoms with Crippen LogP contribution >= 0.6 is 11.3 Å². The number of thiazole rings is 1. The standard InChI is InChI=1S/C22H22FN3O4S2/c1-30-17-10-8-15(9-11-17)19-14-31-22(24-19)25-21(27)20-7-2-3-12-26(20)32(28,29)18-6-4-5-16(23)13-18/h4-6,8-11,13-14,20H,2-3,7,12H2,1H3,(H,24,25,27)/t20-/m1/s1. The molecular formula is C22H22FN3O4S2. The van der Waals surface area contributed by atoms with Crippen LogP contribution in [0.5, 0.6) is 5.75 Å². The number of piperidine rings is 1. The first kappa shape index (κ1) is 22.4. The van der Waals surface area contributed by atoms with Gasteiger partial charge in [-0.05, 0) is 55.3 Å². The number of benzene rings is 2. The average Bonchev–Trinajstić information content (AvgIpc) is 3.27. The van der Waals surface area contributed by atoms with Crippen molar-refractivity contribution < 1.29 is 22.3 Å². The van der Waals surface area contributed by atoms with E-state index in [1.54, 1.807) is 7.11 Å². The molecule has 3 aromatic rings. The highest BCUT2D eigenvalue weighted by atomic mass is 32.2. The summed E-state index contributed by atoms with van der Waals surface area (Å²) in [5, 5.41) is 4.96. The molecule has 32 heavy (non-hydrogen) atoms. The Labute approximate surface area is 189 Å². The molecule has 4 rings (SSSR count). The van der Waals surface area contributed by atoms with Gasteiger partial charge in [0.05, 0.1) is 17.7 Å². The number of carbonyl (C=O) groups is 1. The maximum atomic E-state index is 13.6. The molecule has 0 spiro atoms. The van der Waals surface area contributed by atoms with Crippen LogP contribution in [0.15, 0.2) is 58.8 Å². The molecule has 2 aromatic carbocycles. The number of ether oxygens (including phenoxy) is 1. The fourth-order valence-electron chi connectivity index (χ4n) is 3.63. The van der Waals surface area contributed by atoms with E-state index in [-0.39, 0.29) is 11.4 Å². The normalized spacial score (nSPS) is 17.1. The quantitative estimate of drug-likeness (QED) is 0.579. The van der Waals surface area contributed by atoms with E-state index < -0.39 is 27.8 Å². The van der Waals surface area contributed by atoms with Crippen LogP contribution in [0.3, 0.4) is 0 Å².